The van der Waals surface area contributed by atoms with E-state index in [1.54, 1.807) is 21.8 Å². The molecule has 0 radical (unpaired) electrons. The van der Waals surface area contributed by atoms with E-state index in [0.717, 1.165) is 18.9 Å². The SMILES string of the molecule is CC(C)(C)OC(=O)N1CCC1c1nc(-c2cnn3ccc(N4CCC[C@@H]4c4cc(F)ccc4F)nc23)n[nH]1. The fourth-order valence-corrected chi connectivity index (χ4v) is 5.07. The van der Waals surface area contributed by atoms with Gasteiger partial charge in [-0.2, -0.15) is 10.2 Å². The standard InChI is InChI=1S/C26H28F2N8O2/c1-26(2,3)38-25(37)35-11-8-20(35)23-31-22(32-33-23)17-14-29-36-12-9-21(30-24(17)36)34-10-4-5-19(34)16-13-15(27)6-7-18(16)28/h6-7,9,12-14,19-20H,4-5,8,10-11H2,1-3H3,(H,31,32,33)/t19-,20?/m1/s1. The van der Waals surface area contributed by atoms with E-state index in [9.17, 15) is 13.6 Å². The minimum absolute atomic E-state index is 0.247. The average Bonchev–Trinajstić information content (AvgIpc) is 3.57. The zero-order valence-corrected chi connectivity index (χ0v) is 21.4. The van der Waals surface area contributed by atoms with Gasteiger partial charge in [0.05, 0.1) is 23.8 Å². The van der Waals surface area contributed by atoms with Crippen molar-refractivity contribution < 1.29 is 18.3 Å². The summed E-state index contributed by atoms with van der Waals surface area (Å²) in [5, 5.41) is 11.7. The molecule has 12 heteroatoms. The lowest BCUT2D eigenvalue weighted by Gasteiger charge is -2.39. The second-order valence-electron chi connectivity index (χ2n) is 10.7. The first-order valence-corrected chi connectivity index (χ1v) is 12.7. The zero-order chi connectivity index (χ0) is 26.6. The molecule has 2 saturated heterocycles. The van der Waals surface area contributed by atoms with Gasteiger partial charge >= 0.3 is 6.09 Å². The molecule has 1 N–H and O–H groups in total. The Kier molecular flexibility index (Phi) is 5.77. The van der Waals surface area contributed by atoms with Crippen molar-refractivity contribution in [3.8, 4) is 11.4 Å². The molecule has 1 unspecified atom stereocenters. The van der Waals surface area contributed by atoms with Crippen LogP contribution in [0.1, 0.15) is 63.5 Å². The Morgan fingerprint density at radius 1 is 1.11 bits per heavy atom. The molecule has 5 heterocycles. The molecule has 3 aromatic heterocycles. The van der Waals surface area contributed by atoms with Gasteiger partial charge in [0.15, 0.2) is 11.5 Å². The number of rotatable bonds is 4. The summed E-state index contributed by atoms with van der Waals surface area (Å²) in [6.45, 7) is 6.74. The summed E-state index contributed by atoms with van der Waals surface area (Å²) in [5.74, 6) is 0.709. The van der Waals surface area contributed by atoms with Gasteiger partial charge in [-0.1, -0.05) is 0 Å². The smallest absolute Gasteiger partial charge is 0.410 e. The number of anilines is 1. The van der Waals surface area contributed by atoms with E-state index >= 15 is 0 Å². The second-order valence-corrected chi connectivity index (χ2v) is 10.7. The largest absolute Gasteiger partial charge is 0.444 e. The summed E-state index contributed by atoms with van der Waals surface area (Å²) in [7, 11) is 0. The lowest BCUT2D eigenvalue weighted by atomic mass is 10.0. The molecule has 2 aliphatic rings. The number of likely N-dealkylation sites (tertiary alicyclic amines) is 1. The first kappa shape index (κ1) is 24.3. The summed E-state index contributed by atoms with van der Waals surface area (Å²) in [6, 6.07) is 4.80. The Bertz CT molecular complexity index is 1510. The van der Waals surface area contributed by atoms with Crippen LogP contribution in [0.2, 0.25) is 0 Å². The van der Waals surface area contributed by atoms with Gasteiger partial charge in [0.25, 0.3) is 0 Å². The number of amides is 1. The summed E-state index contributed by atoms with van der Waals surface area (Å²) < 4.78 is 35.6. The van der Waals surface area contributed by atoms with Gasteiger partial charge in [0, 0.05) is 24.8 Å². The Morgan fingerprint density at radius 2 is 1.95 bits per heavy atom. The molecule has 1 amide bonds. The van der Waals surface area contributed by atoms with Gasteiger partial charge in [0.1, 0.15) is 28.9 Å². The van der Waals surface area contributed by atoms with Crippen LogP contribution in [0.15, 0.2) is 36.7 Å². The number of nitrogens with zero attached hydrogens (tertiary/aromatic N) is 7. The Morgan fingerprint density at radius 3 is 2.71 bits per heavy atom. The molecule has 4 aromatic rings. The molecule has 1 aromatic carbocycles. The number of carbonyl (C=O) groups excluding carboxylic acids is 1. The number of fused-ring (bicyclic) bond motifs is 1. The monoisotopic (exact) mass is 522 g/mol. The number of hydrogen-bond acceptors (Lipinski definition) is 7. The van der Waals surface area contributed by atoms with Crippen LogP contribution in [0, 0.1) is 11.6 Å². The quantitative estimate of drug-likeness (QED) is 0.410. The van der Waals surface area contributed by atoms with Crippen molar-refractivity contribution in [3.05, 3.63) is 59.7 Å². The molecule has 38 heavy (non-hydrogen) atoms. The molecule has 0 saturated carbocycles. The van der Waals surface area contributed by atoms with Gasteiger partial charge < -0.3 is 9.64 Å². The number of halogens is 2. The predicted molar refractivity (Wildman–Crippen MR) is 134 cm³/mol. The van der Waals surface area contributed by atoms with Crippen molar-refractivity contribution in [3.63, 3.8) is 0 Å². The molecule has 0 spiro atoms. The highest BCUT2D eigenvalue weighted by molar-refractivity contribution is 5.73. The van der Waals surface area contributed by atoms with Crippen molar-refractivity contribution >= 4 is 17.6 Å². The lowest BCUT2D eigenvalue weighted by molar-refractivity contribution is -0.00732. The number of aromatic nitrogens is 6. The summed E-state index contributed by atoms with van der Waals surface area (Å²) >= 11 is 0. The van der Waals surface area contributed by atoms with Gasteiger partial charge in [-0.05, 0) is 64.3 Å². The van der Waals surface area contributed by atoms with Crippen LogP contribution in [0.3, 0.4) is 0 Å². The van der Waals surface area contributed by atoms with Crippen LogP contribution in [0.5, 0.6) is 0 Å². The number of aromatic amines is 1. The fraction of sp³-hybridized carbons (Fsp3) is 0.423. The van der Waals surface area contributed by atoms with Crippen molar-refractivity contribution in [2.45, 2.75) is 57.7 Å². The minimum Gasteiger partial charge on any atom is -0.444 e. The van der Waals surface area contributed by atoms with Crippen LogP contribution in [-0.2, 0) is 4.74 Å². The van der Waals surface area contributed by atoms with Crippen molar-refractivity contribution in [2.75, 3.05) is 18.0 Å². The van der Waals surface area contributed by atoms with E-state index in [1.165, 1.54) is 12.1 Å². The first-order chi connectivity index (χ1) is 18.2. The number of benzene rings is 1. The average molecular weight is 523 g/mol. The summed E-state index contributed by atoms with van der Waals surface area (Å²) in [5.41, 5.74) is 0.895. The van der Waals surface area contributed by atoms with E-state index < -0.39 is 17.2 Å². The Hall–Kier alpha value is -4.09. The van der Waals surface area contributed by atoms with Gasteiger partial charge in [-0.15, -0.1) is 0 Å². The van der Waals surface area contributed by atoms with Crippen LogP contribution >= 0.6 is 0 Å². The highest BCUT2D eigenvalue weighted by Gasteiger charge is 2.38. The number of carbonyl (C=O) groups is 1. The Balaban J connectivity index is 1.28. The van der Waals surface area contributed by atoms with E-state index in [0.29, 0.717) is 53.8 Å². The van der Waals surface area contributed by atoms with E-state index in [2.05, 4.69) is 20.3 Å². The third kappa shape index (κ3) is 4.33. The third-order valence-electron chi connectivity index (χ3n) is 6.93. The van der Waals surface area contributed by atoms with Crippen LogP contribution in [-0.4, -0.2) is 59.5 Å². The molecule has 6 rings (SSSR count). The van der Waals surface area contributed by atoms with E-state index in [1.807, 2.05) is 31.7 Å². The second kappa shape index (κ2) is 9.03. The Labute approximate surface area is 217 Å². The number of ether oxygens (including phenoxy) is 1. The highest BCUT2D eigenvalue weighted by Crippen LogP contribution is 2.38. The molecule has 2 aliphatic heterocycles. The molecular weight excluding hydrogens is 494 g/mol. The van der Waals surface area contributed by atoms with E-state index in [-0.39, 0.29) is 18.2 Å². The minimum atomic E-state index is -0.584. The molecule has 0 aliphatic carbocycles. The third-order valence-corrected chi connectivity index (χ3v) is 6.93. The molecular formula is C26H28F2N8O2. The molecule has 2 atom stereocenters. The molecule has 0 bridgehead atoms. The highest BCUT2D eigenvalue weighted by atomic mass is 19.1. The fourth-order valence-electron chi connectivity index (χ4n) is 5.07. The maximum atomic E-state index is 14.6. The first-order valence-electron chi connectivity index (χ1n) is 12.7. The zero-order valence-electron chi connectivity index (χ0n) is 21.4. The topological polar surface area (TPSA) is 105 Å². The predicted octanol–water partition coefficient (Wildman–Crippen LogP) is 4.82. The van der Waals surface area contributed by atoms with Gasteiger partial charge in [0.2, 0.25) is 0 Å². The lowest BCUT2D eigenvalue weighted by Crippen LogP contribution is -2.47. The van der Waals surface area contributed by atoms with Crippen molar-refractivity contribution in [2.24, 2.45) is 0 Å². The number of nitrogens with one attached hydrogen (secondary N) is 1. The maximum absolute atomic E-state index is 14.6. The number of H-pyrrole nitrogens is 1. The molecule has 2 fully saturated rings. The number of hydrogen-bond donors (Lipinski definition) is 1. The van der Waals surface area contributed by atoms with Crippen LogP contribution < -0.4 is 4.90 Å². The molecule has 198 valence electrons. The van der Waals surface area contributed by atoms with Crippen molar-refractivity contribution in [1.82, 2.24) is 34.7 Å². The van der Waals surface area contributed by atoms with Gasteiger partial charge in [-0.25, -0.2) is 28.1 Å². The maximum Gasteiger partial charge on any atom is 0.410 e. The van der Waals surface area contributed by atoms with Crippen molar-refractivity contribution in [1.29, 1.82) is 0 Å². The van der Waals surface area contributed by atoms with Crippen LogP contribution in [0.4, 0.5) is 19.4 Å². The normalized spacial score (nSPS) is 19.7. The summed E-state index contributed by atoms with van der Waals surface area (Å²) in [6.07, 6.45) is 5.31. The van der Waals surface area contributed by atoms with Gasteiger partial charge in [-0.3, -0.25) is 10.00 Å². The summed E-state index contributed by atoms with van der Waals surface area (Å²) in [4.78, 5) is 25.6. The van der Waals surface area contributed by atoms with Crippen LogP contribution in [0.25, 0.3) is 17.0 Å². The molecule has 10 nitrogen and oxygen atoms in total. The van der Waals surface area contributed by atoms with E-state index in [4.69, 9.17) is 9.72 Å².